The summed E-state index contributed by atoms with van der Waals surface area (Å²) in [7, 11) is -1.64. The Morgan fingerprint density at radius 2 is 2.25 bits per heavy atom. The van der Waals surface area contributed by atoms with Crippen molar-refractivity contribution in [3.63, 3.8) is 0 Å². The first kappa shape index (κ1) is 11.9. The first-order valence-electron chi connectivity index (χ1n) is 5.48. The van der Waals surface area contributed by atoms with Crippen molar-refractivity contribution < 1.29 is 17.9 Å². The number of carbonyl (C=O) groups is 1. The van der Waals surface area contributed by atoms with Crippen LogP contribution in [0.15, 0.2) is 0 Å². The van der Waals surface area contributed by atoms with Crippen LogP contribution in [0.25, 0.3) is 0 Å². The lowest BCUT2D eigenvalue weighted by molar-refractivity contribution is -0.148. The van der Waals surface area contributed by atoms with E-state index >= 15 is 0 Å². The van der Waals surface area contributed by atoms with Crippen molar-refractivity contribution in [2.24, 2.45) is 11.3 Å². The Hall–Kier alpha value is -0.620. The quantitative estimate of drug-likeness (QED) is 0.637. The van der Waals surface area contributed by atoms with Crippen molar-refractivity contribution in [1.82, 2.24) is 5.32 Å². The Labute approximate surface area is 95.5 Å². The van der Waals surface area contributed by atoms with Gasteiger partial charge in [0, 0.05) is 18.5 Å². The normalized spacial score (nSPS) is 37.4. The fourth-order valence-electron chi connectivity index (χ4n) is 2.92. The molecule has 1 N–H and O–H groups in total. The Morgan fingerprint density at radius 1 is 1.50 bits per heavy atom. The number of hydrogen-bond acceptors (Lipinski definition) is 5. The van der Waals surface area contributed by atoms with Crippen LogP contribution in [0.4, 0.5) is 0 Å². The largest absolute Gasteiger partial charge is 0.469 e. The molecule has 1 spiro atoms. The monoisotopic (exact) mass is 247 g/mol. The van der Waals surface area contributed by atoms with Crippen LogP contribution in [-0.4, -0.2) is 46.1 Å². The minimum absolute atomic E-state index is 0.118. The zero-order valence-corrected chi connectivity index (χ0v) is 10.2. The van der Waals surface area contributed by atoms with Gasteiger partial charge in [0.25, 0.3) is 0 Å². The zero-order chi connectivity index (χ0) is 11.8. The van der Waals surface area contributed by atoms with E-state index in [0.717, 1.165) is 6.42 Å². The van der Waals surface area contributed by atoms with Gasteiger partial charge >= 0.3 is 5.97 Å². The van der Waals surface area contributed by atoms with Gasteiger partial charge < -0.3 is 10.1 Å². The standard InChI is InChI=1S/C10H17NO4S/c1-15-9(12)8-5-11-6-10(8)3-2-4-16(13,14)7-10/h8,11H,2-7H2,1H3. The van der Waals surface area contributed by atoms with Crippen LogP contribution in [0.5, 0.6) is 0 Å². The fourth-order valence-corrected chi connectivity index (χ4v) is 4.97. The summed E-state index contributed by atoms with van der Waals surface area (Å²) in [5.41, 5.74) is -0.426. The molecular formula is C10H17NO4S. The second kappa shape index (κ2) is 4.00. The molecule has 2 aliphatic rings. The van der Waals surface area contributed by atoms with Crippen molar-refractivity contribution in [3.05, 3.63) is 0 Å². The van der Waals surface area contributed by atoms with Gasteiger partial charge in [-0.2, -0.15) is 0 Å². The van der Waals surface area contributed by atoms with Crippen LogP contribution in [-0.2, 0) is 19.4 Å². The van der Waals surface area contributed by atoms with Crippen LogP contribution in [0, 0.1) is 11.3 Å². The molecule has 0 amide bonds. The lowest BCUT2D eigenvalue weighted by Crippen LogP contribution is -2.45. The van der Waals surface area contributed by atoms with Gasteiger partial charge in [-0.05, 0) is 12.8 Å². The summed E-state index contributed by atoms with van der Waals surface area (Å²) in [5.74, 6) is -0.232. The van der Waals surface area contributed by atoms with Gasteiger partial charge in [0.15, 0.2) is 9.84 Å². The van der Waals surface area contributed by atoms with E-state index in [1.54, 1.807) is 0 Å². The molecule has 0 bridgehead atoms. The van der Waals surface area contributed by atoms with Crippen molar-refractivity contribution in [2.45, 2.75) is 12.8 Å². The Kier molecular flexibility index (Phi) is 2.96. The van der Waals surface area contributed by atoms with Crippen molar-refractivity contribution in [1.29, 1.82) is 0 Å². The summed E-state index contributed by atoms with van der Waals surface area (Å²) in [4.78, 5) is 11.6. The summed E-state index contributed by atoms with van der Waals surface area (Å²) in [6, 6.07) is 0. The summed E-state index contributed by atoms with van der Waals surface area (Å²) in [6.07, 6.45) is 1.44. The minimum atomic E-state index is -3.00. The van der Waals surface area contributed by atoms with E-state index < -0.39 is 15.3 Å². The van der Waals surface area contributed by atoms with Crippen molar-refractivity contribution in [3.8, 4) is 0 Å². The molecule has 2 fully saturated rings. The molecule has 2 unspecified atom stereocenters. The molecule has 2 saturated heterocycles. The molecule has 2 heterocycles. The van der Waals surface area contributed by atoms with E-state index in [0.29, 0.717) is 19.5 Å². The average Bonchev–Trinajstić information content (AvgIpc) is 2.58. The third-order valence-corrected chi connectivity index (χ3v) is 5.61. The lowest BCUT2D eigenvalue weighted by Gasteiger charge is -2.36. The number of carbonyl (C=O) groups excluding carboxylic acids is 1. The maximum absolute atomic E-state index is 11.7. The number of methoxy groups -OCH3 is 1. The average molecular weight is 247 g/mol. The molecule has 2 rings (SSSR count). The van der Waals surface area contributed by atoms with Crippen molar-refractivity contribution >= 4 is 15.8 Å². The predicted molar refractivity (Wildman–Crippen MR) is 58.7 cm³/mol. The number of rotatable bonds is 1. The fraction of sp³-hybridized carbons (Fsp3) is 0.900. The third-order valence-electron chi connectivity index (χ3n) is 3.69. The summed E-state index contributed by atoms with van der Waals surface area (Å²) in [5, 5.41) is 3.12. The van der Waals surface area contributed by atoms with Crippen LogP contribution < -0.4 is 5.32 Å². The molecule has 2 atom stereocenters. The molecule has 0 aromatic carbocycles. The van der Waals surface area contributed by atoms with Gasteiger partial charge in [0.2, 0.25) is 0 Å². The number of ether oxygens (including phenoxy) is 1. The Bertz CT molecular complexity index is 392. The number of nitrogens with one attached hydrogen (secondary N) is 1. The zero-order valence-electron chi connectivity index (χ0n) is 9.36. The maximum atomic E-state index is 11.7. The Morgan fingerprint density at radius 3 is 2.88 bits per heavy atom. The van der Waals surface area contributed by atoms with E-state index in [9.17, 15) is 13.2 Å². The first-order valence-corrected chi connectivity index (χ1v) is 7.30. The highest BCUT2D eigenvalue weighted by molar-refractivity contribution is 7.91. The van der Waals surface area contributed by atoms with Crippen LogP contribution in [0.2, 0.25) is 0 Å². The van der Waals surface area contributed by atoms with Gasteiger partial charge in [-0.3, -0.25) is 4.79 Å². The van der Waals surface area contributed by atoms with E-state index in [4.69, 9.17) is 4.74 Å². The maximum Gasteiger partial charge on any atom is 0.310 e. The van der Waals surface area contributed by atoms with Gasteiger partial charge in [-0.15, -0.1) is 0 Å². The highest BCUT2D eigenvalue weighted by atomic mass is 32.2. The second-order valence-electron chi connectivity index (χ2n) is 4.76. The van der Waals surface area contributed by atoms with Gasteiger partial charge in [0.05, 0.1) is 24.5 Å². The predicted octanol–water partition coefficient (Wildman–Crippen LogP) is -0.426. The molecule has 92 valence electrons. The van der Waals surface area contributed by atoms with E-state index in [1.165, 1.54) is 7.11 Å². The third kappa shape index (κ3) is 1.96. The van der Waals surface area contributed by atoms with E-state index in [1.807, 2.05) is 0 Å². The second-order valence-corrected chi connectivity index (χ2v) is 6.95. The smallest absolute Gasteiger partial charge is 0.310 e. The van der Waals surface area contributed by atoms with Gasteiger partial charge in [-0.25, -0.2) is 8.42 Å². The molecule has 0 aromatic rings. The number of esters is 1. The summed E-state index contributed by atoms with van der Waals surface area (Å²) >= 11 is 0. The van der Waals surface area contributed by atoms with Crippen LogP contribution >= 0.6 is 0 Å². The molecule has 0 radical (unpaired) electrons. The minimum Gasteiger partial charge on any atom is -0.469 e. The Balaban J connectivity index is 2.26. The molecule has 2 aliphatic heterocycles. The van der Waals surface area contributed by atoms with E-state index in [-0.39, 0.29) is 23.4 Å². The number of sulfone groups is 1. The summed E-state index contributed by atoms with van der Waals surface area (Å²) < 4.78 is 28.1. The van der Waals surface area contributed by atoms with E-state index in [2.05, 4.69) is 5.32 Å². The first-order chi connectivity index (χ1) is 7.49. The molecule has 6 heteroatoms. The topological polar surface area (TPSA) is 72.5 Å². The van der Waals surface area contributed by atoms with Crippen molar-refractivity contribution in [2.75, 3.05) is 31.7 Å². The molecule has 0 saturated carbocycles. The highest BCUT2D eigenvalue weighted by Gasteiger charge is 2.51. The summed E-state index contributed by atoms with van der Waals surface area (Å²) in [6.45, 7) is 1.13. The molecule has 0 aromatic heterocycles. The molecular weight excluding hydrogens is 230 g/mol. The van der Waals surface area contributed by atoms with Gasteiger partial charge in [-0.1, -0.05) is 0 Å². The molecule has 16 heavy (non-hydrogen) atoms. The lowest BCUT2D eigenvalue weighted by atomic mass is 9.76. The molecule has 0 aliphatic carbocycles. The van der Waals surface area contributed by atoms with Crippen LogP contribution in [0.1, 0.15) is 12.8 Å². The van der Waals surface area contributed by atoms with Crippen LogP contribution in [0.3, 0.4) is 0 Å². The number of hydrogen-bond donors (Lipinski definition) is 1. The van der Waals surface area contributed by atoms with Gasteiger partial charge in [0.1, 0.15) is 0 Å². The molecule has 5 nitrogen and oxygen atoms in total. The SMILES string of the molecule is COC(=O)C1CNCC12CCCS(=O)(=O)C2. The highest BCUT2D eigenvalue weighted by Crippen LogP contribution is 2.41.